The Balaban J connectivity index is 1.73. The van der Waals surface area contributed by atoms with E-state index < -0.39 is 21.6 Å². The molecule has 0 atom stereocenters. The van der Waals surface area contributed by atoms with E-state index in [-0.39, 0.29) is 17.0 Å². The highest BCUT2D eigenvalue weighted by Gasteiger charge is 2.15. The smallest absolute Gasteiger partial charge is 0.230 e. The highest BCUT2D eigenvalue weighted by Crippen LogP contribution is 2.23. The molecule has 6 nitrogen and oxygen atoms in total. The van der Waals surface area contributed by atoms with E-state index in [9.17, 15) is 17.6 Å². The van der Waals surface area contributed by atoms with Gasteiger partial charge in [-0.05, 0) is 30.3 Å². The van der Waals surface area contributed by atoms with Crippen molar-refractivity contribution in [3.63, 3.8) is 0 Å². The van der Waals surface area contributed by atoms with Crippen LogP contribution >= 0.6 is 11.3 Å². The van der Waals surface area contributed by atoms with Crippen LogP contribution in [0.1, 0.15) is 5.69 Å². The molecule has 3 rings (SSSR count). The molecule has 1 N–H and O–H groups in total. The average Bonchev–Trinajstić information content (AvgIpc) is 3.05. The van der Waals surface area contributed by atoms with Crippen LogP contribution in [0, 0.1) is 5.82 Å². The Labute approximate surface area is 153 Å². The van der Waals surface area contributed by atoms with Crippen molar-refractivity contribution >= 4 is 32.8 Å². The van der Waals surface area contributed by atoms with E-state index in [2.05, 4.69) is 15.3 Å². The quantitative estimate of drug-likeness (QED) is 0.676. The van der Waals surface area contributed by atoms with Crippen LogP contribution < -0.4 is 5.32 Å². The SMILES string of the molecule is CS(=O)(=O)c1ccc(F)c(NC(=O)Cc2csc(-c3ccccn3)n2)c1. The number of anilines is 1. The van der Waals surface area contributed by atoms with Gasteiger partial charge in [0.15, 0.2) is 9.84 Å². The van der Waals surface area contributed by atoms with Crippen molar-refractivity contribution in [2.24, 2.45) is 0 Å². The van der Waals surface area contributed by atoms with E-state index in [0.717, 1.165) is 24.5 Å². The van der Waals surface area contributed by atoms with E-state index in [0.29, 0.717) is 16.4 Å². The van der Waals surface area contributed by atoms with Gasteiger partial charge >= 0.3 is 0 Å². The van der Waals surface area contributed by atoms with Gasteiger partial charge in [0.05, 0.1) is 28.4 Å². The van der Waals surface area contributed by atoms with Gasteiger partial charge in [-0.2, -0.15) is 0 Å². The molecule has 0 spiro atoms. The second-order valence-electron chi connectivity index (χ2n) is 5.50. The third kappa shape index (κ3) is 4.30. The zero-order valence-electron chi connectivity index (χ0n) is 13.6. The van der Waals surface area contributed by atoms with Gasteiger partial charge in [0, 0.05) is 17.8 Å². The number of carbonyl (C=O) groups is 1. The summed E-state index contributed by atoms with van der Waals surface area (Å²) in [6.45, 7) is 0. The van der Waals surface area contributed by atoms with Crippen molar-refractivity contribution in [1.82, 2.24) is 9.97 Å². The van der Waals surface area contributed by atoms with Gasteiger partial charge in [-0.1, -0.05) is 6.07 Å². The maximum atomic E-state index is 13.9. The number of thiazole rings is 1. The monoisotopic (exact) mass is 391 g/mol. The Bertz CT molecular complexity index is 1050. The Kier molecular flexibility index (Phi) is 5.10. The minimum Gasteiger partial charge on any atom is -0.323 e. The Morgan fingerprint density at radius 2 is 2.08 bits per heavy atom. The second kappa shape index (κ2) is 7.30. The number of amides is 1. The molecule has 0 unspecified atom stereocenters. The normalized spacial score (nSPS) is 11.3. The largest absolute Gasteiger partial charge is 0.323 e. The molecular weight excluding hydrogens is 377 g/mol. The van der Waals surface area contributed by atoms with Gasteiger partial charge in [-0.15, -0.1) is 11.3 Å². The molecule has 0 aliphatic rings. The fourth-order valence-corrected chi connectivity index (χ4v) is 3.63. The van der Waals surface area contributed by atoms with Gasteiger partial charge in [0.25, 0.3) is 0 Å². The lowest BCUT2D eigenvalue weighted by Gasteiger charge is -2.07. The molecule has 2 heterocycles. The number of sulfone groups is 1. The average molecular weight is 391 g/mol. The molecule has 3 aromatic rings. The number of benzene rings is 1. The summed E-state index contributed by atoms with van der Waals surface area (Å²) in [5.74, 6) is -1.20. The summed E-state index contributed by atoms with van der Waals surface area (Å²) in [5, 5.41) is 4.80. The Hall–Kier alpha value is -2.65. The van der Waals surface area contributed by atoms with Gasteiger partial charge < -0.3 is 5.32 Å². The number of hydrogen-bond donors (Lipinski definition) is 1. The predicted molar refractivity (Wildman–Crippen MR) is 97.2 cm³/mol. The van der Waals surface area contributed by atoms with Crippen molar-refractivity contribution < 1.29 is 17.6 Å². The number of carbonyl (C=O) groups excluding carboxylic acids is 1. The number of pyridine rings is 1. The molecule has 1 amide bonds. The summed E-state index contributed by atoms with van der Waals surface area (Å²) in [6.07, 6.45) is 2.60. The van der Waals surface area contributed by atoms with E-state index in [1.165, 1.54) is 11.3 Å². The molecule has 0 aliphatic heterocycles. The maximum absolute atomic E-state index is 13.9. The van der Waals surface area contributed by atoms with Crippen molar-refractivity contribution in [3.8, 4) is 10.7 Å². The van der Waals surface area contributed by atoms with Crippen molar-refractivity contribution in [2.45, 2.75) is 11.3 Å². The van der Waals surface area contributed by atoms with Crippen LogP contribution in [0.5, 0.6) is 0 Å². The third-order valence-electron chi connectivity index (χ3n) is 3.42. The van der Waals surface area contributed by atoms with Gasteiger partial charge in [0.1, 0.15) is 10.8 Å². The second-order valence-corrected chi connectivity index (χ2v) is 8.37. The first kappa shape index (κ1) is 18.2. The van der Waals surface area contributed by atoms with Crippen LogP contribution in [-0.4, -0.2) is 30.5 Å². The molecule has 0 fully saturated rings. The minimum absolute atomic E-state index is 0.0636. The van der Waals surface area contributed by atoms with Crippen LogP contribution in [0.2, 0.25) is 0 Å². The first-order valence-corrected chi connectivity index (χ1v) is 10.3. The standard InChI is InChI=1S/C17H14FN3O3S2/c1-26(23,24)12-5-6-13(18)15(9-12)21-16(22)8-11-10-25-17(20-11)14-4-2-3-7-19-14/h2-7,9-10H,8H2,1H3,(H,21,22). The van der Waals surface area contributed by atoms with Crippen LogP contribution in [-0.2, 0) is 21.1 Å². The Morgan fingerprint density at radius 3 is 2.77 bits per heavy atom. The van der Waals surface area contributed by atoms with Crippen LogP contribution in [0.15, 0.2) is 52.9 Å². The van der Waals surface area contributed by atoms with Crippen molar-refractivity contribution in [1.29, 1.82) is 0 Å². The van der Waals surface area contributed by atoms with Gasteiger partial charge in [-0.25, -0.2) is 17.8 Å². The highest BCUT2D eigenvalue weighted by molar-refractivity contribution is 7.90. The molecule has 0 saturated carbocycles. The van der Waals surface area contributed by atoms with E-state index in [1.807, 2.05) is 12.1 Å². The summed E-state index contributed by atoms with van der Waals surface area (Å²) in [5.41, 5.74) is 1.04. The van der Waals surface area contributed by atoms with Crippen molar-refractivity contribution in [2.75, 3.05) is 11.6 Å². The molecule has 134 valence electrons. The molecule has 0 saturated heterocycles. The van der Waals surface area contributed by atoms with Crippen molar-refractivity contribution in [3.05, 3.63) is 59.5 Å². The molecular formula is C17H14FN3O3S2. The number of aromatic nitrogens is 2. The van der Waals surface area contributed by atoms with Crippen LogP contribution in [0.4, 0.5) is 10.1 Å². The number of nitrogens with zero attached hydrogens (tertiary/aromatic N) is 2. The summed E-state index contributed by atoms with van der Waals surface area (Å²) in [4.78, 5) is 20.6. The van der Waals surface area contributed by atoms with Crippen LogP contribution in [0.25, 0.3) is 10.7 Å². The molecule has 1 aromatic carbocycles. The lowest BCUT2D eigenvalue weighted by Crippen LogP contribution is -2.16. The number of rotatable bonds is 5. The lowest BCUT2D eigenvalue weighted by atomic mass is 10.2. The first-order chi connectivity index (χ1) is 12.3. The summed E-state index contributed by atoms with van der Waals surface area (Å²) < 4.78 is 37.0. The first-order valence-electron chi connectivity index (χ1n) is 7.48. The summed E-state index contributed by atoms with van der Waals surface area (Å²) in [7, 11) is -3.50. The topological polar surface area (TPSA) is 89.0 Å². The zero-order valence-corrected chi connectivity index (χ0v) is 15.3. The fourth-order valence-electron chi connectivity index (χ4n) is 2.18. The highest BCUT2D eigenvalue weighted by atomic mass is 32.2. The lowest BCUT2D eigenvalue weighted by molar-refractivity contribution is -0.115. The number of hydrogen-bond acceptors (Lipinski definition) is 6. The Morgan fingerprint density at radius 1 is 1.27 bits per heavy atom. The zero-order chi connectivity index (χ0) is 18.7. The van der Waals surface area contributed by atoms with Crippen LogP contribution in [0.3, 0.4) is 0 Å². The summed E-state index contributed by atoms with van der Waals surface area (Å²) in [6, 6.07) is 8.71. The van der Waals surface area contributed by atoms with Gasteiger partial charge in [-0.3, -0.25) is 9.78 Å². The molecule has 0 aliphatic carbocycles. The molecule has 0 bridgehead atoms. The fraction of sp³-hybridized carbons (Fsp3) is 0.118. The molecule has 26 heavy (non-hydrogen) atoms. The molecule has 2 aromatic heterocycles. The number of nitrogens with one attached hydrogen (secondary N) is 1. The predicted octanol–water partition coefficient (Wildman–Crippen LogP) is 2.93. The van der Waals surface area contributed by atoms with E-state index in [4.69, 9.17) is 0 Å². The maximum Gasteiger partial charge on any atom is 0.230 e. The molecule has 0 radical (unpaired) electrons. The minimum atomic E-state index is -3.50. The van der Waals surface area contributed by atoms with E-state index in [1.54, 1.807) is 17.6 Å². The molecule has 9 heteroatoms. The third-order valence-corrected chi connectivity index (χ3v) is 5.44. The van der Waals surface area contributed by atoms with Gasteiger partial charge in [0.2, 0.25) is 5.91 Å². The number of halogens is 1. The van der Waals surface area contributed by atoms with E-state index >= 15 is 0 Å². The summed E-state index contributed by atoms with van der Waals surface area (Å²) >= 11 is 1.35.